The molecule has 2 heterocycles. The molecule has 0 bridgehead atoms. The molecular formula is C17H18N2OS. The van der Waals surface area contributed by atoms with E-state index in [1.807, 2.05) is 25.1 Å². The first-order chi connectivity index (χ1) is 10.3. The SMILES string of the molecule is Cc1csc(CCNC(c2ccccc2)c2ccco2)n1. The van der Waals surface area contributed by atoms with E-state index < -0.39 is 0 Å². The maximum atomic E-state index is 5.58. The van der Waals surface area contributed by atoms with Crippen molar-refractivity contribution >= 4 is 11.3 Å². The molecule has 3 aromatic rings. The third kappa shape index (κ3) is 3.60. The van der Waals surface area contributed by atoms with Crippen LogP contribution in [0.15, 0.2) is 58.5 Å². The predicted molar refractivity (Wildman–Crippen MR) is 85.6 cm³/mol. The third-order valence-electron chi connectivity index (χ3n) is 3.31. The first-order valence-corrected chi connectivity index (χ1v) is 7.93. The lowest BCUT2D eigenvalue weighted by atomic mass is 10.0. The molecule has 0 spiro atoms. The number of nitrogens with zero attached hydrogens (tertiary/aromatic N) is 1. The van der Waals surface area contributed by atoms with E-state index in [9.17, 15) is 0 Å². The number of benzene rings is 1. The molecule has 0 aliphatic rings. The van der Waals surface area contributed by atoms with Crippen LogP contribution in [0.3, 0.4) is 0 Å². The highest BCUT2D eigenvalue weighted by molar-refractivity contribution is 7.09. The molecule has 3 nitrogen and oxygen atoms in total. The van der Waals surface area contributed by atoms with E-state index >= 15 is 0 Å². The van der Waals surface area contributed by atoms with Gasteiger partial charge in [0.25, 0.3) is 0 Å². The summed E-state index contributed by atoms with van der Waals surface area (Å²) in [6.07, 6.45) is 2.65. The molecule has 1 aromatic carbocycles. The lowest BCUT2D eigenvalue weighted by Crippen LogP contribution is -2.24. The molecular weight excluding hydrogens is 280 g/mol. The van der Waals surface area contributed by atoms with Crippen LogP contribution >= 0.6 is 11.3 Å². The first kappa shape index (κ1) is 14.0. The van der Waals surface area contributed by atoms with E-state index in [0.717, 1.165) is 24.4 Å². The predicted octanol–water partition coefficient (Wildman–Crippen LogP) is 3.97. The zero-order valence-electron chi connectivity index (χ0n) is 12.0. The second kappa shape index (κ2) is 6.70. The van der Waals surface area contributed by atoms with Gasteiger partial charge in [-0.15, -0.1) is 11.3 Å². The summed E-state index contributed by atoms with van der Waals surface area (Å²) in [6, 6.07) is 14.4. The minimum Gasteiger partial charge on any atom is -0.467 e. The zero-order valence-corrected chi connectivity index (χ0v) is 12.8. The molecule has 0 saturated carbocycles. The van der Waals surface area contributed by atoms with E-state index in [1.165, 1.54) is 10.6 Å². The van der Waals surface area contributed by atoms with Gasteiger partial charge in [0.15, 0.2) is 0 Å². The molecule has 0 amide bonds. The Morgan fingerprint density at radius 3 is 2.71 bits per heavy atom. The molecule has 2 aromatic heterocycles. The second-order valence-corrected chi connectivity index (χ2v) is 5.89. The van der Waals surface area contributed by atoms with Gasteiger partial charge in [0, 0.05) is 24.0 Å². The van der Waals surface area contributed by atoms with Crippen LogP contribution in [-0.2, 0) is 6.42 Å². The van der Waals surface area contributed by atoms with Crippen molar-refractivity contribution < 1.29 is 4.42 Å². The number of thiazole rings is 1. The summed E-state index contributed by atoms with van der Waals surface area (Å²) in [5, 5.41) is 6.84. The number of furan rings is 1. The maximum Gasteiger partial charge on any atom is 0.125 e. The van der Waals surface area contributed by atoms with Crippen LogP contribution in [0.4, 0.5) is 0 Å². The standard InChI is InChI=1S/C17H18N2OS/c1-13-12-21-16(19-13)9-10-18-17(15-8-5-11-20-15)14-6-3-2-4-7-14/h2-8,11-12,17-18H,9-10H2,1H3. The minimum atomic E-state index is 0.0854. The fraction of sp³-hybridized carbons (Fsp3) is 0.235. The summed E-state index contributed by atoms with van der Waals surface area (Å²) in [7, 11) is 0. The van der Waals surface area contributed by atoms with Crippen molar-refractivity contribution in [3.63, 3.8) is 0 Å². The van der Waals surface area contributed by atoms with Crippen molar-refractivity contribution in [1.82, 2.24) is 10.3 Å². The molecule has 1 atom stereocenters. The van der Waals surface area contributed by atoms with Crippen LogP contribution in [-0.4, -0.2) is 11.5 Å². The Morgan fingerprint density at radius 2 is 2.05 bits per heavy atom. The van der Waals surface area contributed by atoms with Gasteiger partial charge in [-0.3, -0.25) is 0 Å². The summed E-state index contributed by atoms with van der Waals surface area (Å²) in [4.78, 5) is 4.50. The lowest BCUT2D eigenvalue weighted by molar-refractivity contribution is 0.448. The molecule has 1 N–H and O–H groups in total. The smallest absolute Gasteiger partial charge is 0.125 e. The molecule has 0 aliphatic heterocycles. The topological polar surface area (TPSA) is 38.1 Å². The Labute approximate surface area is 128 Å². The van der Waals surface area contributed by atoms with Gasteiger partial charge in [0.2, 0.25) is 0 Å². The summed E-state index contributed by atoms with van der Waals surface area (Å²) in [6.45, 7) is 2.90. The molecule has 0 aliphatic carbocycles. The fourth-order valence-corrected chi connectivity index (χ4v) is 3.10. The Kier molecular flexibility index (Phi) is 4.48. The Hall–Kier alpha value is -1.91. The van der Waals surface area contributed by atoms with Gasteiger partial charge >= 0.3 is 0 Å². The Morgan fingerprint density at radius 1 is 1.19 bits per heavy atom. The largest absolute Gasteiger partial charge is 0.467 e. The van der Waals surface area contributed by atoms with Crippen molar-refractivity contribution in [3.8, 4) is 0 Å². The van der Waals surface area contributed by atoms with Gasteiger partial charge in [0.1, 0.15) is 5.76 Å². The molecule has 0 fully saturated rings. The highest BCUT2D eigenvalue weighted by Crippen LogP contribution is 2.22. The average Bonchev–Trinajstić information content (AvgIpc) is 3.16. The molecule has 21 heavy (non-hydrogen) atoms. The van der Waals surface area contributed by atoms with Crippen LogP contribution in [0.25, 0.3) is 0 Å². The second-order valence-electron chi connectivity index (χ2n) is 4.95. The van der Waals surface area contributed by atoms with Crippen LogP contribution in [0.5, 0.6) is 0 Å². The van der Waals surface area contributed by atoms with Crippen molar-refractivity contribution in [1.29, 1.82) is 0 Å². The molecule has 0 saturated heterocycles. The van der Waals surface area contributed by atoms with Gasteiger partial charge in [-0.2, -0.15) is 0 Å². The van der Waals surface area contributed by atoms with E-state index in [2.05, 4.69) is 39.9 Å². The van der Waals surface area contributed by atoms with Crippen LogP contribution in [0.1, 0.15) is 28.1 Å². The van der Waals surface area contributed by atoms with Crippen LogP contribution < -0.4 is 5.32 Å². The van der Waals surface area contributed by atoms with E-state index in [1.54, 1.807) is 17.6 Å². The number of hydrogen-bond donors (Lipinski definition) is 1. The lowest BCUT2D eigenvalue weighted by Gasteiger charge is -2.16. The van der Waals surface area contributed by atoms with Crippen LogP contribution in [0, 0.1) is 6.92 Å². The van der Waals surface area contributed by atoms with Gasteiger partial charge in [-0.05, 0) is 24.6 Å². The quantitative estimate of drug-likeness (QED) is 0.748. The average molecular weight is 298 g/mol. The molecule has 1 unspecified atom stereocenters. The number of hydrogen-bond acceptors (Lipinski definition) is 4. The third-order valence-corrected chi connectivity index (χ3v) is 4.34. The Bertz CT molecular complexity index is 661. The summed E-state index contributed by atoms with van der Waals surface area (Å²) in [5.41, 5.74) is 2.31. The highest BCUT2D eigenvalue weighted by Gasteiger charge is 2.15. The van der Waals surface area contributed by atoms with Gasteiger partial charge in [-0.1, -0.05) is 30.3 Å². The maximum absolute atomic E-state index is 5.58. The molecule has 4 heteroatoms. The van der Waals surface area contributed by atoms with E-state index in [-0.39, 0.29) is 6.04 Å². The van der Waals surface area contributed by atoms with Gasteiger partial charge in [-0.25, -0.2) is 4.98 Å². The normalized spacial score (nSPS) is 12.4. The number of aromatic nitrogens is 1. The first-order valence-electron chi connectivity index (χ1n) is 7.05. The van der Waals surface area contributed by atoms with Crippen molar-refractivity contribution in [2.75, 3.05) is 6.54 Å². The Balaban J connectivity index is 1.68. The highest BCUT2D eigenvalue weighted by atomic mass is 32.1. The zero-order chi connectivity index (χ0) is 14.5. The van der Waals surface area contributed by atoms with Crippen LogP contribution in [0.2, 0.25) is 0 Å². The van der Waals surface area contributed by atoms with E-state index in [0.29, 0.717) is 0 Å². The number of nitrogens with one attached hydrogen (secondary N) is 1. The molecule has 0 radical (unpaired) electrons. The summed E-state index contributed by atoms with van der Waals surface area (Å²) in [5.74, 6) is 0.941. The fourth-order valence-electron chi connectivity index (χ4n) is 2.32. The summed E-state index contributed by atoms with van der Waals surface area (Å²) < 4.78 is 5.58. The minimum absolute atomic E-state index is 0.0854. The van der Waals surface area contributed by atoms with E-state index in [4.69, 9.17) is 4.42 Å². The van der Waals surface area contributed by atoms with Crippen molar-refractivity contribution in [2.45, 2.75) is 19.4 Å². The van der Waals surface area contributed by atoms with Gasteiger partial charge < -0.3 is 9.73 Å². The number of aryl methyl sites for hydroxylation is 1. The monoisotopic (exact) mass is 298 g/mol. The van der Waals surface area contributed by atoms with Gasteiger partial charge in [0.05, 0.1) is 17.3 Å². The molecule has 108 valence electrons. The van der Waals surface area contributed by atoms with Crippen molar-refractivity contribution in [3.05, 3.63) is 76.1 Å². The molecule has 3 rings (SSSR count). The summed E-state index contributed by atoms with van der Waals surface area (Å²) >= 11 is 1.72. The number of rotatable bonds is 6. The van der Waals surface area contributed by atoms with Crippen molar-refractivity contribution in [2.24, 2.45) is 0 Å².